The monoisotopic (exact) mass is 98.1 g/mol. The summed E-state index contributed by atoms with van der Waals surface area (Å²) in [5, 5.41) is 0. The van der Waals surface area contributed by atoms with Gasteiger partial charge < -0.3 is 0 Å². The van der Waals surface area contributed by atoms with Gasteiger partial charge in [-0.25, -0.2) is 0 Å². The molecule has 7 heavy (non-hydrogen) atoms. The SMILES string of the molecule is CC(C)=C(C)C=O. The molecule has 0 aliphatic carbocycles. The number of hydrogen-bond acceptors (Lipinski definition) is 1. The highest BCUT2D eigenvalue weighted by atomic mass is 16.1. The molecule has 0 aromatic rings. The summed E-state index contributed by atoms with van der Waals surface area (Å²) in [7, 11) is 0. The largest absolute Gasteiger partial charge is 0.298 e. The van der Waals surface area contributed by atoms with Gasteiger partial charge in [-0.05, 0) is 26.3 Å². The van der Waals surface area contributed by atoms with Crippen LogP contribution in [0.5, 0.6) is 0 Å². The van der Waals surface area contributed by atoms with E-state index in [2.05, 4.69) is 0 Å². The van der Waals surface area contributed by atoms with Crippen LogP contribution < -0.4 is 0 Å². The quantitative estimate of drug-likeness (QED) is 0.359. The Morgan fingerprint density at radius 1 is 1.29 bits per heavy atom. The summed E-state index contributed by atoms with van der Waals surface area (Å²) in [6, 6.07) is 0. The van der Waals surface area contributed by atoms with Gasteiger partial charge in [0.2, 0.25) is 0 Å². The Balaban J connectivity index is 3.98. The third-order valence-electron chi connectivity index (χ3n) is 0.965. The minimum Gasteiger partial charge on any atom is -0.298 e. The smallest absolute Gasteiger partial charge is 0.145 e. The number of carbonyl (C=O) groups is 1. The summed E-state index contributed by atoms with van der Waals surface area (Å²) in [5.41, 5.74) is 1.93. The van der Waals surface area contributed by atoms with E-state index in [4.69, 9.17) is 0 Å². The van der Waals surface area contributed by atoms with Gasteiger partial charge in [-0.15, -0.1) is 0 Å². The Morgan fingerprint density at radius 2 is 1.71 bits per heavy atom. The zero-order chi connectivity index (χ0) is 5.86. The summed E-state index contributed by atoms with van der Waals surface area (Å²) in [6.07, 6.45) is 0.870. The van der Waals surface area contributed by atoms with Gasteiger partial charge in [0.05, 0.1) is 0 Å². The molecule has 0 bridgehead atoms. The minimum absolute atomic E-state index is 0.833. The fourth-order valence-electron chi connectivity index (χ4n) is 0.118. The molecule has 0 spiro atoms. The fraction of sp³-hybridized carbons (Fsp3) is 0.500. The molecule has 0 unspecified atom stereocenters. The molecule has 0 saturated carbocycles. The van der Waals surface area contributed by atoms with Gasteiger partial charge in [0.15, 0.2) is 0 Å². The topological polar surface area (TPSA) is 17.1 Å². The highest BCUT2D eigenvalue weighted by Crippen LogP contribution is 1.95. The fourth-order valence-corrected chi connectivity index (χ4v) is 0.118. The number of aldehydes is 1. The van der Waals surface area contributed by atoms with Crippen molar-refractivity contribution in [2.24, 2.45) is 0 Å². The molecule has 0 aliphatic rings. The Morgan fingerprint density at radius 3 is 1.71 bits per heavy atom. The van der Waals surface area contributed by atoms with Gasteiger partial charge >= 0.3 is 0 Å². The third kappa shape index (κ3) is 2.15. The molecule has 40 valence electrons. The summed E-state index contributed by atoms with van der Waals surface area (Å²) in [6.45, 7) is 5.65. The standard InChI is InChI=1S/C6H10O/c1-5(2)6(3)4-7/h4H,1-3H3. The van der Waals surface area contributed by atoms with E-state index >= 15 is 0 Å². The lowest BCUT2D eigenvalue weighted by atomic mass is 10.2. The van der Waals surface area contributed by atoms with Crippen molar-refractivity contribution >= 4 is 6.29 Å². The number of carbonyl (C=O) groups excluding carboxylic acids is 1. The van der Waals surface area contributed by atoms with Crippen LogP contribution in [0.25, 0.3) is 0 Å². The predicted molar refractivity (Wildman–Crippen MR) is 30.1 cm³/mol. The van der Waals surface area contributed by atoms with E-state index in [1.165, 1.54) is 0 Å². The molecule has 1 nitrogen and oxygen atoms in total. The van der Waals surface area contributed by atoms with E-state index in [0.29, 0.717) is 0 Å². The van der Waals surface area contributed by atoms with Gasteiger partial charge in [-0.3, -0.25) is 4.79 Å². The first-order chi connectivity index (χ1) is 3.18. The lowest BCUT2D eigenvalue weighted by Crippen LogP contribution is -1.77. The van der Waals surface area contributed by atoms with Crippen molar-refractivity contribution in [3.05, 3.63) is 11.1 Å². The van der Waals surface area contributed by atoms with Crippen LogP contribution in [-0.4, -0.2) is 6.29 Å². The van der Waals surface area contributed by atoms with Crippen molar-refractivity contribution in [3.8, 4) is 0 Å². The van der Waals surface area contributed by atoms with Crippen LogP contribution in [-0.2, 0) is 4.79 Å². The summed E-state index contributed by atoms with van der Waals surface area (Å²) >= 11 is 0. The molecule has 0 heterocycles. The lowest BCUT2D eigenvalue weighted by molar-refractivity contribution is -0.104. The first-order valence-corrected chi connectivity index (χ1v) is 2.27. The highest BCUT2D eigenvalue weighted by molar-refractivity contribution is 5.73. The molecular formula is C6H10O. The maximum absolute atomic E-state index is 9.89. The van der Waals surface area contributed by atoms with Gasteiger partial charge in [0, 0.05) is 0 Å². The van der Waals surface area contributed by atoms with Crippen molar-refractivity contribution in [1.82, 2.24) is 0 Å². The second-order valence-electron chi connectivity index (χ2n) is 1.80. The zero-order valence-electron chi connectivity index (χ0n) is 4.99. The Labute approximate surface area is 44.0 Å². The van der Waals surface area contributed by atoms with Crippen LogP contribution in [0.15, 0.2) is 11.1 Å². The van der Waals surface area contributed by atoms with Crippen molar-refractivity contribution < 1.29 is 4.79 Å². The van der Waals surface area contributed by atoms with E-state index in [0.717, 1.165) is 17.4 Å². The van der Waals surface area contributed by atoms with Crippen LogP contribution in [0.3, 0.4) is 0 Å². The molecule has 0 rings (SSSR count). The van der Waals surface area contributed by atoms with Crippen LogP contribution in [0, 0.1) is 0 Å². The average molecular weight is 98.1 g/mol. The van der Waals surface area contributed by atoms with E-state index < -0.39 is 0 Å². The zero-order valence-corrected chi connectivity index (χ0v) is 4.99. The van der Waals surface area contributed by atoms with Crippen molar-refractivity contribution in [2.45, 2.75) is 20.8 Å². The number of rotatable bonds is 1. The number of allylic oxidation sites excluding steroid dienone is 2. The van der Waals surface area contributed by atoms with E-state index in [9.17, 15) is 4.79 Å². The van der Waals surface area contributed by atoms with E-state index in [1.807, 2.05) is 20.8 Å². The number of hydrogen-bond donors (Lipinski definition) is 0. The van der Waals surface area contributed by atoms with Gasteiger partial charge in [-0.2, -0.15) is 0 Å². The van der Waals surface area contributed by atoms with Gasteiger partial charge in [0.25, 0.3) is 0 Å². The van der Waals surface area contributed by atoms with Crippen LogP contribution in [0.1, 0.15) is 20.8 Å². The Bertz CT molecular complexity index is 96.7. The Hall–Kier alpha value is -0.590. The predicted octanol–water partition coefficient (Wildman–Crippen LogP) is 1.54. The summed E-state index contributed by atoms with van der Waals surface area (Å²) < 4.78 is 0. The van der Waals surface area contributed by atoms with Crippen LogP contribution >= 0.6 is 0 Å². The summed E-state index contributed by atoms with van der Waals surface area (Å²) in [4.78, 5) is 9.89. The van der Waals surface area contributed by atoms with Crippen molar-refractivity contribution in [3.63, 3.8) is 0 Å². The normalized spacial score (nSPS) is 7.86. The maximum Gasteiger partial charge on any atom is 0.145 e. The second-order valence-corrected chi connectivity index (χ2v) is 1.80. The van der Waals surface area contributed by atoms with Crippen LogP contribution in [0.4, 0.5) is 0 Å². The van der Waals surface area contributed by atoms with Crippen molar-refractivity contribution in [1.29, 1.82) is 0 Å². The maximum atomic E-state index is 9.89. The molecule has 1 heteroatoms. The molecule has 0 amide bonds. The molecule has 0 atom stereocenters. The Kier molecular flexibility index (Phi) is 2.34. The van der Waals surface area contributed by atoms with Crippen molar-refractivity contribution in [2.75, 3.05) is 0 Å². The van der Waals surface area contributed by atoms with Gasteiger partial charge in [-0.1, -0.05) is 5.57 Å². The molecule has 0 radical (unpaired) electrons. The summed E-state index contributed by atoms with van der Waals surface area (Å²) in [5.74, 6) is 0. The minimum atomic E-state index is 0.833. The third-order valence-corrected chi connectivity index (χ3v) is 0.965. The molecule has 0 fully saturated rings. The van der Waals surface area contributed by atoms with E-state index in [1.54, 1.807) is 0 Å². The van der Waals surface area contributed by atoms with E-state index in [-0.39, 0.29) is 0 Å². The molecule has 0 saturated heterocycles. The molecule has 0 aliphatic heterocycles. The molecular weight excluding hydrogens is 88.1 g/mol. The molecule has 0 aromatic heterocycles. The molecule has 0 aromatic carbocycles. The molecule has 0 N–H and O–H groups in total. The van der Waals surface area contributed by atoms with Crippen LogP contribution in [0.2, 0.25) is 0 Å². The first-order valence-electron chi connectivity index (χ1n) is 2.27. The average Bonchev–Trinajstić information content (AvgIpc) is 1.65. The van der Waals surface area contributed by atoms with Gasteiger partial charge in [0.1, 0.15) is 6.29 Å². The second kappa shape index (κ2) is 2.56. The highest BCUT2D eigenvalue weighted by Gasteiger charge is 1.83. The lowest BCUT2D eigenvalue weighted by Gasteiger charge is -1.86. The first kappa shape index (κ1) is 6.41.